The Morgan fingerprint density at radius 2 is 2.14 bits per heavy atom. The lowest BCUT2D eigenvalue weighted by atomic mass is 10.3. The fourth-order valence-corrected chi connectivity index (χ4v) is 1.25. The molecule has 0 aromatic rings. The van der Waals surface area contributed by atoms with Gasteiger partial charge in [0.05, 0.1) is 4.92 Å². The van der Waals surface area contributed by atoms with Crippen LogP contribution in [0.2, 0.25) is 0 Å². The Kier molecular flexibility index (Phi) is 3.25. The molecule has 0 amide bonds. The van der Waals surface area contributed by atoms with E-state index in [0.29, 0.717) is 13.1 Å². The normalized spacial score (nSPS) is 18.4. The van der Waals surface area contributed by atoms with Crippen LogP contribution in [0.5, 0.6) is 0 Å². The zero-order chi connectivity index (χ0) is 10.6. The molecule has 1 aliphatic heterocycles. The first-order valence-corrected chi connectivity index (χ1v) is 4.16. The molecule has 3 N–H and O–H groups in total. The van der Waals surface area contributed by atoms with Crippen LogP contribution in [-0.4, -0.2) is 36.0 Å². The molecule has 0 unspecified atom stereocenters. The van der Waals surface area contributed by atoms with Gasteiger partial charge in [0.25, 0.3) is 0 Å². The van der Waals surface area contributed by atoms with E-state index < -0.39 is 10.6 Å². The number of nitrogens with two attached hydrogens (primary N) is 1. The van der Waals surface area contributed by atoms with E-state index in [1.807, 2.05) is 0 Å². The third-order valence-electron chi connectivity index (χ3n) is 1.99. The van der Waals surface area contributed by atoms with Crippen LogP contribution >= 0.6 is 0 Å². The number of hydrogen-bond donors (Lipinski definition) is 2. The smallest absolute Gasteiger partial charge is 0.379 e. The molecule has 1 heterocycles. The highest BCUT2D eigenvalue weighted by molar-refractivity contribution is 5.18. The average Bonchev–Trinajstić information content (AvgIpc) is 2.19. The van der Waals surface area contributed by atoms with Crippen molar-refractivity contribution in [2.45, 2.75) is 0 Å². The summed E-state index contributed by atoms with van der Waals surface area (Å²) in [6.45, 7) is 2.62. The molecule has 0 atom stereocenters. The lowest BCUT2D eigenvalue weighted by molar-refractivity contribution is -0.419. The molecule has 0 bridgehead atoms. The predicted octanol–water partition coefficient (Wildman–Crippen LogP) is -1.18. The second-order valence-corrected chi connectivity index (χ2v) is 2.84. The summed E-state index contributed by atoms with van der Waals surface area (Å²) in [4.78, 5) is 11.3. The summed E-state index contributed by atoms with van der Waals surface area (Å²) in [5.74, 6) is -0.0426. The van der Waals surface area contributed by atoms with Crippen molar-refractivity contribution in [3.63, 3.8) is 0 Å². The van der Waals surface area contributed by atoms with Crippen molar-refractivity contribution in [3.05, 3.63) is 21.6 Å². The van der Waals surface area contributed by atoms with Gasteiger partial charge in [0.15, 0.2) is 11.9 Å². The van der Waals surface area contributed by atoms with Gasteiger partial charge in [-0.25, -0.2) is 0 Å². The lowest BCUT2D eigenvalue weighted by Gasteiger charge is -2.28. The van der Waals surface area contributed by atoms with E-state index in [1.165, 1.54) is 6.07 Å². The first-order chi connectivity index (χ1) is 6.66. The predicted molar refractivity (Wildman–Crippen MR) is 48.3 cm³/mol. The standard InChI is InChI=1S/C7H11N5O2/c8-5-6(12(13)14)7(9)11-3-1-10-2-4-11/h10H,1-4,9H2/b7-6-. The van der Waals surface area contributed by atoms with Gasteiger partial charge in [-0.15, -0.1) is 0 Å². The minimum atomic E-state index is -0.753. The van der Waals surface area contributed by atoms with Crippen LogP contribution in [0.25, 0.3) is 0 Å². The van der Waals surface area contributed by atoms with E-state index in [0.717, 1.165) is 13.1 Å². The minimum Gasteiger partial charge on any atom is -0.379 e. The highest BCUT2D eigenvalue weighted by Gasteiger charge is 2.21. The van der Waals surface area contributed by atoms with Gasteiger partial charge in [-0.3, -0.25) is 10.1 Å². The number of nitriles is 1. The topological polar surface area (TPSA) is 108 Å². The number of nitrogens with one attached hydrogen (secondary N) is 1. The van der Waals surface area contributed by atoms with Crippen LogP contribution < -0.4 is 11.1 Å². The summed E-state index contributed by atoms with van der Waals surface area (Å²) in [5.41, 5.74) is 4.94. The summed E-state index contributed by atoms with van der Waals surface area (Å²) < 4.78 is 0. The van der Waals surface area contributed by atoms with Gasteiger partial charge >= 0.3 is 5.70 Å². The minimum absolute atomic E-state index is 0.0426. The monoisotopic (exact) mass is 197 g/mol. The van der Waals surface area contributed by atoms with Crippen molar-refractivity contribution < 1.29 is 4.92 Å². The van der Waals surface area contributed by atoms with Crippen LogP contribution in [-0.2, 0) is 0 Å². The lowest BCUT2D eigenvalue weighted by Crippen LogP contribution is -2.45. The molecule has 0 aliphatic carbocycles. The van der Waals surface area contributed by atoms with Crippen molar-refractivity contribution in [3.8, 4) is 6.07 Å². The number of piperazine rings is 1. The number of nitro groups is 1. The third-order valence-corrected chi connectivity index (χ3v) is 1.99. The first kappa shape index (κ1) is 10.3. The van der Waals surface area contributed by atoms with Gasteiger partial charge in [-0.1, -0.05) is 0 Å². The Labute approximate surface area is 80.9 Å². The molecule has 0 radical (unpaired) electrons. The van der Waals surface area contributed by atoms with Gasteiger partial charge < -0.3 is 16.0 Å². The maximum absolute atomic E-state index is 10.4. The van der Waals surface area contributed by atoms with Crippen LogP contribution in [0.1, 0.15) is 0 Å². The van der Waals surface area contributed by atoms with Crippen molar-refractivity contribution in [1.29, 1.82) is 5.26 Å². The Bertz CT molecular complexity index is 300. The molecule has 0 aromatic carbocycles. The Hall–Kier alpha value is -1.81. The summed E-state index contributed by atoms with van der Waals surface area (Å²) in [7, 11) is 0. The van der Waals surface area contributed by atoms with Crippen molar-refractivity contribution in [2.24, 2.45) is 5.73 Å². The second-order valence-electron chi connectivity index (χ2n) is 2.84. The molecule has 1 rings (SSSR count). The van der Waals surface area contributed by atoms with Crippen LogP contribution in [0.4, 0.5) is 0 Å². The molecular formula is C7H11N5O2. The molecule has 7 nitrogen and oxygen atoms in total. The molecule has 0 aromatic heterocycles. The van der Waals surface area contributed by atoms with E-state index in [2.05, 4.69) is 5.32 Å². The summed E-state index contributed by atoms with van der Waals surface area (Å²) in [6, 6.07) is 1.49. The molecule has 1 aliphatic rings. The number of allylic oxidation sites excluding steroid dienone is 1. The van der Waals surface area contributed by atoms with Crippen molar-refractivity contribution in [1.82, 2.24) is 10.2 Å². The van der Waals surface area contributed by atoms with Gasteiger partial charge in [0, 0.05) is 26.2 Å². The molecule has 76 valence electrons. The van der Waals surface area contributed by atoms with Gasteiger partial charge in [-0.2, -0.15) is 5.26 Å². The number of rotatable bonds is 2. The maximum Gasteiger partial charge on any atom is 0.385 e. The van der Waals surface area contributed by atoms with Crippen LogP contribution in [0, 0.1) is 21.4 Å². The zero-order valence-corrected chi connectivity index (χ0v) is 7.56. The summed E-state index contributed by atoms with van der Waals surface area (Å²) in [6.07, 6.45) is 0. The number of nitrogens with zero attached hydrogens (tertiary/aromatic N) is 3. The van der Waals surface area contributed by atoms with Crippen LogP contribution in [0.3, 0.4) is 0 Å². The second kappa shape index (κ2) is 4.43. The largest absolute Gasteiger partial charge is 0.385 e. The Balaban J connectivity index is 2.83. The van der Waals surface area contributed by atoms with E-state index in [1.54, 1.807) is 4.90 Å². The molecular weight excluding hydrogens is 186 g/mol. The van der Waals surface area contributed by atoms with Crippen LogP contribution in [0.15, 0.2) is 11.5 Å². The van der Waals surface area contributed by atoms with E-state index >= 15 is 0 Å². The van der Waals surface area contributed by atoms with Gasteiger partial charge in [-0.05, 0) is 0 Å². The SMILES string of the molecule is N#C/C(=C(\N)N1CCNCC1)[N+](=O)[O-]. The first-order valence-electron chi connectivity index (χ1n) is 4.16. The Morgan fingerprint density at radius 1 is 1.57 bits per heavy atom. The van der Waals surface area contributed by atoms with E-state index in [4.69, 9.17) is 11.0 Å². The summed E-state index contributed by atoms with van der Waals surface area (Å²) >= 11 is 0. The highest BCUT2D eigenvalue weighted by atomic mass is 16.6. The molecule has 0 saturated carbocycles. The fourth-order valence-electron chi connectivity index (χ4n) is 1.25. The molecule has 14 heavy (non-hydrogen) atoms. The molecule has 1 fully saturated rings. The fraction of sp³-hybridized carbons (Fsp3) is 0.571. The summed E-state index contributed by atoms with van der Waals surface area (Å²) in [5, 5.41) is 22.0. The number of hydrogen-bond acceptors (Lipinski definition) is 6. The van der Waals surface area contributed by atoms with Crippen molar-refractivity contribution >= 4 is 0 Å². The van der Waals surface area contributed by atoms with Crippen molar-refractivity contribution in [2.75, 3.05) is 26.2 Å². The highest BCUT2D eigenvalue weighted by Crippen LogP contribution is 2.05. The molecule has 1 saturated heterocycles. The third kappa shape index (κ3) is 2.11. The van der Waals surface area contributed by atoms with Gasteiger partial charge in [0.1, 0.15) is 0 Å². The molecule has 7 heteroatoms. The zero-order valence-electron chi connectivity index (χ0n) is 7.56. The Morgan fingerprint density at radius 3 is 2.57 bits per heavy atom. The quantitative estimate of drug-likeness (QED) is 0.327. The van der Waals surface area contributed by atoms with E-state index in [9.17, 15) is 10.1 Å². The van der Waals surface area contributed by atoms with E-state index in [-0.39, 0.29) is 5.82 Å². The molecule has 0 spiro atoms. The maximum atomic E-state index is 10.4. The van der Waals surface area contributed by atoms with Gasteiger partial charge in [0.2, 0.25) is 0 Å². The average molecular weight is 197 g/mol.